The van der Waals surface area contributed by atoms with E-state index in [1.54, 1.807) is 18.2 Å². The Morgan fingerprint density at radius 3 is 2.46 bits per heavy atom. The second kappa shape index (κ2) is 5.10. The van der Waals surface area contributed by atoms with E-state index in [0.29, 0.717) is 22.3 Å². The Morgan fingerprint density at radius 2 is 1.92 bits per heavy atom. The average molecular weight is 218 g/mol. The number of hydrogen-bond donors (Lipinski definition) is 0. The Kier molecular flexibility index (Phi) is 4.06. The number of ether oxygens (including phenoxy) is 1. The van der Waals surface area contributed by atoms with E-state index in [1.165, 1.54) is 6.40 Å². The Morgan fingerprint density at radius 1 is 1.31 bits per heavy atom. The maximum absolute atomic E-state index is 5.76. The second-order valence-corrected chi connectivity index (χ2v) is 3.19. The highest BCUT2D eigenvalue weighted by atomic mass is 35.5. The largest absolute Gasteiger partial charge is 0.483 e. The molecule has 13 heavy (non-hydrogen) atoms. The Balaban J connectivity index is 2.77. The lowest BCUT2D eigenvalue weighted by Gasteiger charge is -1.96. The summed E-state index contributed by atoms with van der Waals surface area (Å²) in [5.74, 6) is 0. The molecule has 70 valence electrons. The summed E-state index contributed by atoms with van der Waals surface area (Å²) in [6, 6.07) is 5.08. The lowest BCUT2D eigenvalue weighted by Crippen LogP contribution is -1.83. The first-order valence-corrected chi connectivity index (χ1v) is 4.58. The van der Waals surface area contributed by atoms with Crippen molar-refractivity contribution >= 4 is 35.3 Å². The molecule has 0 saturated carbocycles. The van der Waals surface area contributed by atoms with Gasteiger partial charge in [-0.1, -0.05) is 23.2 Å². The molecule has 0 aromatic heterocycles. The van der Waals surface area contributed by atoms with Crippen LogP contribution in [0, 0.1) is 0 Å². The van der Waals surface area contributed by atoms with Crippen LogP contribution in [-0.2, 0) is 4.74 Å². The van der Waals surface area contributed by atoms with Crippen LogP contribution in [0.25, 0.3) is 0 Å². The van der Waals surface area contributed by atoms with Crippen molar-refractivity contribution in [1.29, 1.82) is 0 Å². The van der Waals surface area contributed by atoms with Crippen LogP contribution in [0.4, 0.5) is 5.69 Å². The summed E-state index contributed by atoms with van der Waals surface area (Å²) in [5, 5.41) is 1.13. The third kappa shape index (κ3) is 3.66. The van der Waals surface area contributed by atoms with Gasteiger partial charge in [-0.05, 0) is 25.1 Å². The zero-order valence-corrected chi connectivity index (χ0v) is 8.64. The third-order valence-corrected chi connectivity index (χ3v) is 1.73. The van der Waals surface area contributed by atoms with Crippen molar-refractivity contribution < 1.29 is 4.74 Å². The van der Waals surface area contributed by atoms with Gasteiger partial charge >= 0.3 is 0 Å². The van der Waals surface area contributed by atoms with E-state index in [4.69, 9.17) is 27.9 Å². The van der Waals surface area contributed by atoms with Crippen LogP contribution in [0.15, 0.2) is 23.2 Å². The fourth-order valence-electron chi connectivity index (χ4n) is 0.786. The lowest BCUT2D eigenvalue weighted by molar-refractivity contribution is 0.344. The molecular formula is C9H9Cl2NO. The normalized spacial score (nSPS) is 10.7. The Bertz CT molecular complexity index is 292. The zero-order chi connectivity index (χ0) is 9.68. The van der Waals surface area contributed by atoms with Gasteiger partial charge in [-0.3, -0.25) is 0 Å². The zero-order valence-electron chi connectivity index (χ0n) is 7.13. The molecule has 0 aliphatic rings. The number of hydrogen-bond acceptors (Lipinski definition) is 2. The quantitative estimate of drug-likeness (QED) is 0.560. The first-order valence-electron chi connectivity index (χ1n) is 3.82. The fourth-order valence-corrected chi connectivity index (χ4v) is 1.30. The van der Waals surface area contributed by atoms with Gasteiger partial charge in [0.05, 0.1) is 12.3 Å². The molecule has 0 unspecified atom stereocenters. The summed E-state index contributed by atoms with van der Waals surface area (Å²) < 4.78 is 4.94. The molecule has 0 aliphatic heterocycles. The molecule has 0 fully saturated rings. The standard InChI is InChI=1S/C9H9Cl2NO/c1-2-13-6-12-9-4-7(10)3-8(11)5-9/h3-6H,2H2,1H3. The van der Waals surface area contributed by atoms with Crippen molar-refractivity contribution in [2.75, 3.05) is 6.61 Å². The molecule has 2 nitrogen and oxygen atoms in total. The monoisotopic (exact) mass is 217 g/mol. The first-order chi connectivity index (χ1) is 6.22. The van der Waals surface area contributed by atoms with Gasteiger partial charge in [0.25, 0.3) is 0 Å². The smallest absolute Gasteiger partial charge is 0.174 e. The van der Waals surface area contributed by atoms with Crippen LogP contribution in [0.5, 0.6) is 0 Å². The highest BCUT2D eigenvalue weighted by Gasteiger charge is 1.95. The van der Waals surface area contributed by atoms with Gasteiger partial charge in [0.2, 0.25) is 0 Å². The van der Waals surface area contributed by atoms with Gasteiger partial charge in [-0.15, -0.1) is 0 Å². The minimum absolute atomic E-state index is 0.566. The summed E-state index contributed by atoms with van der Waals surface area (Å²) in [6.45, 7) is 2.48. The van der Waals surface area contributed by atoms with Crippen LogP contribution in [0.3, 0.4) is 0 Å². The van der Waals surface area contributed by atoms with Crippen molar-refractivity contribution in [3.63, 3.8) is 0 Å². The molecule has 0 amide bonds. The van der Waals surface area contributed by atoms with E-state index >= 15 is 0 Å². The molecule has 0 N–H and O–H groups in total. The number of halogens is 2. The summed E-state index contributed by atoms with van der Waals surface area (Å²) in [4.78, 5) is 4.00. The molecule has 0 radical (unpaired) electrons. The van der Waals surface area contributed by atoms with Crippen LogP contribution in [0.1, 0.15) is 6.92 Å². The molecule has 0 heterocycles. The molecular weight excluding hydrogens is 209 g/mol. The average Bonchev–Trinajstić information content (AvgIpc) is 2.03. The van der Waals surface area contributed by atoms with E-state index in [0.717, 1.165) is 0 Å². The van der Waals surface area contributed by atoms with Crippen molar-refractivity contribution in [3.05, 3.63) is 28.2 Å². The molecule has 0 atom stereocenters. The van der Waals surface area contributed by atoms with Crippen LogP contribution in [0.2, 0.25) is 10.0 Å². The van der Waals surface area contributed by atoms with Crippen molar-refractivity contribution in [2.24, 2.45) is 4.99 Å². The highest BCUT2D eigenvalue weighted by Crippen LogP contribution is 2.24. The van der Waals surface area contributed by atoms with Crippen LogP contribution in [-0.4, -0.2) is 13.0 Å². The molecule has 0 saturated heterocycles. The summed E-state index contributed by atoms with van der Waals surface area (Å²) in [5.41, 5.74) is 0.686. The highest BCUT2D eigenvalue weighted by molar-refractivity contribution is 6.35. The predicted molar refractivity (Wildman–Crippen MR) is 56.2 cm³/mol. The molecule has 0 bridgehead atoms. The third-order valence-electron chi connectivity index (χ3n) is 1.29. The fraction of sp³-hybridized carbons (Fsp3) is 0.222. The predicted octanol–water partition coefficient (Wildman–Crippen LogP) is 3.69. The number of nitrogens with zero attached hydrogens (tertiary/aromatic N) is 1. The lowest BCUT2D eigenvalue weighted by atomic mass is 10.3. The van der Waals surface area contributed by atoms with Crippen molar-refractivity contribution in [1.82, 2.24) is 0 Å². The van der Waals surface area contributed by atoms with Gasteiger partial charge in [0, 0.05) is 10.0 Å². The van der Waals surface area contributed by atoms with Crippen molar-refractivity contribution in [2.45, 2.75) is 6.92 Å². The number of aliphatic imine (C=N–C) groups is 1. The van der Waals surface area contributed by atoms with Gasteiger partial charge in [-0.2, -0.15) is 0 Å². The maximum atomic E-state index is 5.76. The topological polar surface area (TPSA) is 21.6 Å². The summed E-state index contributed by atoms with van der Waals surface area (Å²) in [7, 11) is 0. The molecule has 1 aromatic rings. The SMILES string of the molecule is CCOC=Nc1cc(Cl)cc(Cl)c1. The molecule has 1 rings (SSSR count). The summed E-state index contributed by atoms with van der Waals surface area (Å²) >= 11 is 11.5. The molecule has 0 spiro atoms. The van der Waals surface area contributed by atoms with E-state index < -0.39 is 0 Å². The second-order valence-electron chi connectivity index (χ2n) is 2.32. The molecule has 0 aliphatic carbocycles. The Labute approximate surface area is 87.1 Å². The number of benzene rings is 1. The van der Waals surface area contributed by atoms with Gasteiger partial charge < -0.3 is 4.74 Å². The van der Waals surface area contributed by atoms with Crippen LogP contribution >= 0.6 is 23.2 Å². The van der Waals surface area contributed by atoms with E-state index in [1.807, 2.05) is 6.92 Å². The molecule has 1 aromatic carbocycles. The maximum Gasteiger partial charge on any atom is 0.174 e. The minimum atomic E-state index is 0.566. The Hall–Kier alpha value is -0.730. The van der Waals surface area contributed by atoms with Gasteiger partial charge in [-0.25, -0.2) is 4.99 Å². The summed E-state index contributed by atoms with van der Waals surface area (Å²) in [6.07, 6.45) is 1.38. The van der Waals surface area contributed by atoms with E-state index in [-0.39, 0.29) is 0 Å². The van der Waals surface area contributed by atoms with Gasteiger partial charge in [0.1, 0.15) is 0 Å². The van der Waals surface area contributed by atoms with Crippen molar-refractivity contribution in [3.8, 4) is 0 Å². The van der Waals surface area contributed by atoms with Gasteiger partial charge in [0.15, 0.2) is 6.40 Å². The number of rotatable bonds is 3. The van der Waals surface area contributed by atoms with Crippen LogP contribution < -0.4 is 0 Å². The first kappa shape index (κ1) is 10.4. The molecule has 4 heteroatoms. The van der Waals surface area contributed by atoms with E-state index in [2.05, 4.69) is 4.99 Å². The minimum Gasteiger partial charge on any atom is -0.483 e. The van der Waals surface area contributed by atoms with E-state index in [9.17, 15) is 0 Å².